The molecule has 0 bridgehead atoms. The molecule has 2 N–H and O–H groups in total. The number of aromatic nitrogens is 3. The first-order chi connectivity index (χ1) is 7.20. The molecule has 6 heteroatoms. The van der Waals surface area contributed by atoms with E-state index in [0.717, 1.165) is 19.3 Å². The molecule has 0 amide bonds. The maximum atomic E-state index is 5.63. The molecule has 0 radical (unpaired) electrons. The zero-order chi connectivity index (χ0) is 10.9. The lowest BCUT2D eigenvalue weighted by Crippen LogP contribution is -2.38. The summed E-state index contributed by atoms with van der Waals surface area (Å²) in [6, 6.07) is 0. The normalized spacial score (nSPS) is 18.5. The van der Waals surface area contributed by atoms with Crippen LogP contribution in [-0.2, 0) is 10.3 Å². The molecule has 1 aliphatic carbocycles. The first kappa shape index (κ1) is 10.6. The van der Waals surface area contributed by atoms with E-state index >= 15 is 0 Å². The van der Waals surface area contributed by atoms with Crippen molar-refractivity contribution < 1.29 is 4.74 Å². The summed E-state index contributed by atoms with van der Waals surface area (Å²) >= 11 is 1.46. The fourth-order valence-corrected chi connectivity index (χ4v) is 2.05. The molecule has 1 saturated carbocycles. The molecule has 0 saturated heterocycles. The second-order valence-electron chi connectivity index (χ2n) is 3.56. The number of methoxy groups -OCH3 is 1. The smallest absolute Gasteiger partial charge is 0.224 e. The molecule has 1 fully saturated rings. The van der Waals surface area contributed by atoms with Crippen LogP contribution in [0.2, 0.25) is 0 Å². The maximum Gasteiger partial charge on any atom is 0.224 e. The minimum atomic E-state index is -0.318. The molecule has 0 unspecified atom stereocenters. The van der Waals surface area contributed by atoms with Crippen LogP contribution in [0.3, 0.4) is 0 Å². The predicted octanol–water partition coefficient (Wildman–Crippen LogP) is 1.20. The molecule has 1 heterocycles. The number of hydrogen-bond acceptors (Lipinski definition) is 6. The van der Waals surface area contributed by atoms with Gasteiger partial charge in [-0.05, 0) is 25.5 Å². The molecular formula is C9H14N4OS. The summed E-state index contributed by atoms with van der Waals surface area (Å²) in [5, 5.41) is 0.654. The molecule has 0 aliphatic heterocycles. The first-order valence-corrected chi connectivity index (χ1v) is 6.04. The van der Waals surface area contributed by atoms with Crippen LogP contribution in [0.25, 0.3) is 0 Å². The second kappa shape index (κ2) is 3.94. The van der Waals surface area contributed by atoms with Crippen molar-refractivity contribution in [1.82, 2.24) is 15.0 Å². The standard InChI is InChI=1S/C9H14N4OS/c1-14-9(4-3-5-9)6-11-7(10)13-8(12-6)15-2/h3-5H2,1-2H3,(H2,10,11,12,13). The summed E-state index contributed by atoms with van der Waals surface area (Å²) in [6.07, 6.45) is 4.98. The Morgan fingerprint density at radius 1 is 1.33 bits per heavy atom. The van der Waals surface area contributed by atoms with E-state index in [1.165, 1.54) is 11.8 Å². The molecule has 1 aromatic heterocycles. The molecule has 0 spiro atoms. The van der Waals surface area contributed by atoms with E-state index in [9.17, 15) is 0 Å². The number of nitrogens with zero attached hydrogens (tertiary/aromatic N) is 3. The van der Waals surface area contributed by atoms with Crippen molar-refractivity contribution >= 4 is 17.7 Å². The highest BCUT2D eigenvalue weighted by molar-refractivity contribution is 7.98. The van der Waals surface area contributed by atoms with E-state index in [1.54, 1.807) is 7.11 Å². The highest BCUT2D eigenvalue weighted by atomic mass is 32.2. The predicted molar refractivity (Wildman–Crippen MR) is 58.6 cm³/mol. The number of hydrogen-bond donors (Lipinski definition) is 1. The van der Waals surface area contributed by atoms with Crippen LogP contribution >= 0.6 is 11.8 Å². The molecule has 15 heavy (non-hydrogen) atoms. The Balaban J connectivity index is 2.38. The Labute approximate surface area is 92.9 Å². The van der Waals surface area contributed by atoms with Crippen molar-refractivity contribution in [3.05, 3.63) is 5.82 Å². The fraction of sp³-hybridized carbons (Fsp3) is 0.667. The lowest BCUT2D eigenvalue weighted by Gasteiger charge is -2.38. The third-order valence-electron chi connectivity index (χ3n) is 2.77. The molecule has 5 nitrogen and oxygen atoms in total. The van der Waals surface area contributed by atoms with Gasteiger partial charge in [0.1, 0.15) is 5.60 Å². The van der Waals surface area contributed by atoms with Crippen LogP contribution in [0.4, 0.5) is 5.95 Å². The van der Waals surface area contributed by atoms with Crippen LogP contribution in [0, 0.1) is 0 Å². The molecule has 2 rings (SSSR count). The van der Waals surface area contributed by atoms with Crippen molar-refractivity contribution in [2.45, 2.75) is 30.0 Å². The third kappa shape index (κ3) is 1.79. The highest BCUT2D eigenvalue weighted by Gasteiger charge is 2.42. The van der Waals surface area contributed by atoms with Gasteiger partial charge in [0.15, 0.2) is 11.0 Å². The molecule has 82 valence electrons. The van der Waals surface area contributed by atoms with Crippen LogP contribution in [0.5, 0.6) is 0 Å². The van der Waals surface area contributed by atoms with Crippen LogP contribution in [0.1, 0.15) is 25.1 Å². The summed E-state index contributed by atoms with van der Waals surface area (Å²) in [4.78, 5) is 12.5. The van der Waals surface area contributed by atoms with Crippen LogP contribution in [-0.4, -0.2) is 28.3 Å². The van der Waals surface area contributed by atoms with Gasteiger partial charge >= 0.3 is 0 Å². The second-order valence-corrected chi connectivity index (χ2v) is 4.33. The quantitative estimate of drug-likeness (QED) is 0.781. The number of anilines is 1. The lowest BCUT2D eigenvalue weighted by atomic mass is 9.79. The molecule has 1 aliphatic rings. The number of rotatable bonds is 3. The van der Waals surface area contributed by atoms with E-state index in [-0.39, 0.29) is 11.5 Å². The van der Waals surface area contributed by atoms with E-state index in [4.69, 9.17) is 10.5 Å². The SMILES string of the molecule is COC1(c2nc(N)nc(SC)n2)CCC1. The van der Waals surface area contributed by atoms with Crippen molar-refractivity contribution in [2.24, 2.45) is 0 Å². The van der Waals surface area contributed by atoms with E-state index in [0.29, 0.717) is 11.0 Å². The molecular weight excluding hydrogens is 212 g/mol. The van der Waals surface area contributed by atoms with Gasteiger partial charge in [-0.2, -0.15) is 9.97 Å². The fourth-order valence-electron chi connectivity index (χ4n) is 1.68. The monoisotopic (exact) mass is 226 g/mol. The van der Waals surface area contributed by atoms with E-state index in [1.807, 2.05) is 6.26 Å². The Bertz CT molecular complexity index is 362. The van der Waals surface area contributed by atoms with Crippen molar-refractivity contribution in [3.8, 4) is 0 Å². The van der Waals surface area contributed by atoms with Gasteiger partial charge in [-0.25, -0.2) is 4.98 Å². The minimum absolute atomic E-state index is 0.271. The summed E-state index contributed by atoms with van der Waals surface area (Å²) < 4.78 is 5.50. The number of ether oxygens (including phenoxy) is 1. The van der Waals surface area contributed by atoms with E-state index in [2.05, 4.69) is 15.0 Å². The van der Waals surface area contributed by atoms with Gasteiger partial charge in [0, 0.05) is 7.11 Å². The summed E-state index contributed by atoms with van der Waals surface area (Å²) in [5.41, 5.74) is 5.32. The largest absolute Gasteiger partial charge is 0.370 e. The highest BCUT2D eigenvalue weighted by Crippen LogP contribution is 2.42. The van der Waals surface area contributed by atoms with E-state index < -0.39 is 0 Å². The number of nitrogen functional groups attached to an aromatic ring is 1. The van der Waals surface area contributed by atoms with Crippen LogP contribution in [0.15, 0.2) is 5.16 Å². The average Bonchev–Trinajstić information content (AvgIpc) is 2.16. The molecule has 1 aromatic rings. The summed E-state index contributed by atoms with van der Waals surface area (Å²) in [7, 11) is 1.69. The van der Waals surface area contributed by atoms with Gasteiger partial charge in [0.05, 0.1) is 0 Å². The number of nitrogens with two attached hydrogens (primary N) is 1. The molecule has 0 atom stereocenters. The Hall–Kier alpha value is -0.880. The maximum absolute atomic E-state index is 5.63. The van der Waals surface area contributed by atoms with Crippen molar-refractivity contribution in [3.63, 3.8) is 0 Å². The minimum Gasteiger partial charge on any atom is -0.370 e. The third-order valence-corrected chi connectivity index (χ3v) is 3.32. The zero-order valence-corrected chi connectivity index (χ0v) is 9.67. The van der Waals surface area contributed by atoms with Gasteiger partial charge in [0.25, 0.3) is 0 Å². The van der Waals surface area contributed by atoms with Gasteiger partial charge < -0.3 is 10.5 Å². The Kier molecular flexibility index (Phi) is 2.79. The van der Waals surface area contributed by atoms with Gasteiger partial charge in [-0.3, -0.25) is 0 Å². The van der Waals surface area contributed by atoms with Gasteiger partial charge in [-0.1, -0.05) is 11.8 Å². The molecule has 0 aromatic carbocycles. The van der Waals surface area contributed by atoms with Crippen LogP contribution < -0.4 is 5.73 Å². The lowest BCUT2D eigenvalue weighted by molar-refractivity contribution is -0.0851. The first-order valence-electron chi connectivity index (χ1n) is 4.81. The Morgan fingerprint density at radius 3 is 2.53 bits per heavy atom. The number of thioether (sulfide) groups is 1. The van der Waals surface area contributed by atoms with Gasteiger partial charge in [0.2, 0.25) is 5.95 Å². The Morgan fingerprint density at radius 2 is 2.07 bits per heavy atom. The van der Waals surface area contributed by atoms with Crippen molar-refractivity contribution in [1.29, 1.82) is 0 Å². The van der Waals surface area contributed by atoms with Gasteiger partial charge in [-0.15, -0.1) is 0 Å². The zero-order valence-electron chi connectivity index (χ0n) is 8.86. The average molecular weight is 226 g/mol. The topological polar surface area (TPSA) is 73.9 Å². The summed E-state index contributed by atoms with van der Waals surface area (Å²) in [6.45, 7) is 0. The van der Waals surface area contributed by atoms with Crippen molar-refractivity contribution in [2.75, 3.05) is 19.1 Å². The summed E-state index contributed by atoms with van der Waals surface area (Å²) in [5.74, 6) is 0.945.